The van der Waals surface area contributed by atoms with Crippen molar-refractivity contribution in [2.45, 2.75) is 39.0 Å². The Labute approximate surface area is 132 Å². The van der Waals surface area contributed by atoms with Gasteiger partial charge in [-0.05, 0) is 18.6 Å². The summed E-state index contributed by atoms with van der Waals surface area (Å²) in [7, 11) is 0. The highest BCUT2D eigenvalue weighted by Gasteiger charge is 2.09. The van der Waals surface area contributed by atoms with Crippen LogP contribution < -0.4 is 16.4 Å². The summed E-state index contributed by atoms with van der Waals surface area (Å²) in [6, 6.07) is 6.38. The summed E-state index contributed by atoms with van der Waals surface area (Å²) in [4.78, 5) is 22.9. The Balaban J connectivity index is 0.00000400. The van der Waals surface area contributed by atoms with E-state index in [0.29, 0.717) is 17.8 Å². The molecule has 0 saturated heterocycles. The molecule has 1 aromatic carbocycles. The van der Waals surface area contributed by atoms with Crippen LogP contribution in [0.3, 0.4) is 0 Å². The molecule has 0 aliphatic carbocycles. The molecule has 0 aromatic heterocycles. The van der Waals surface area contributed by atoms with Gasteiger partial charge < -0.3 is 16.4 Å². The lowest BCUT2D eigenvalue weighted by atomic mass is 10.1. The van der Waals surface area contributed by atoms with E-state index in [-0.39, 0.29) is 18.4 Å². The fourth-order valence-corrected chi connectivity index (χ4v) is 1.90. The number of halogens is 1. The third-order valence-corrected chi connectivity index (χ3v) is 3.01. The van der Waals surface area contributed by atoms with Crippen LogP contribution in [0.25, 0.3) is 0 Å². The quantitative estimate of drug-likeness (QED) is 0.643. The molecule has 0 spiro atoms. The van der Waals surface area contributed by atoms with Crippen LogP contribution in [0.5, 0.6) is 0 Å². The first kappa shape index (κ1) is 19.2. The lowest BCUT2D eigenvalue weighted by Crippen LogP contribution is -2.30. The molecule has 6 heteroatoms. The van der Waals surface area contributed by atoms with Crippen molar-refractivity contribution in [2.24, 2.45) is 5.73 Å². The van der Waals surface area contributed by atoms with Crippen LogP contribution >= 0.6 is 12.4 Å². The van der Waals surface area contributed by atoms with Crippen molar-refractivity contribution < 1.29 is 9.59 Å². The number of carbonyl (C=O) groups is 2. The molecule has 21 heavy (non-hydrogen) atoms. The lowest BCUT2D eigenvalue weighted by Gasteiger charge is -2.10. The van der Waals surface area contributed by atoms with E-state index in [1.807, 2.05) is 0 Å². The van der Waals surface area contributed by atoms with E-state index in [0.717, 1.165) is 12.8 Å². The minimum absolute atomic E-state index is 0. The molecule has 5 nitrogen and oxygen atoms in total. The normalized spacial score (nSPS) is 9.57. The van der Waals surface area contributed by atoms with Gasteiger partial charge in [-0.15, -0.1) is 12.4 Å². The van der Waals surface area contributed by atoms with Crippen LogP contribution in [0.2, 0.25) is 0 Å². The van der Waals surface area contributed by atoms with Crippen molar-refractivity contribution in [3.63, 3.8) is 0 Å². The number of hydrogen-bond donors (Lipinski definition) is 3. The summed E-state index contributed by atoms with van der Waals surface area (Å²) in [6.45, 7) is 2.80. The average molecular weight is 314 g/mol. The molecule has 1 aromatic rings. The van der Waals surface area contributed by atoms with E-state index in [4.69, 9.17) is 5.73 Å². The minimum atomic E-state index is -0.555. The molecule has 0 aliphatic heterocycles. The minimum Gasteiger partial charge on any atom is -0.366 e. The number of para-hydroxylation sites is 1. The summed E-state index contributed by atoms with van der Waals surface area (Å²) in [5.74, 6) is -0.555. The van der Waals surface area contributed by atoms with Gasteiger partial charge >= 0.3 is 6.03 Å². The van der Waals surface area contributed by atoms with Crippen LogP contribution in [0, 0.1) is 0 Å². The van der Waals surface area contributed by atoms with Crippen LogP contribution in [0.15, 0.2) is 24.3 Å². The molecule has 0 radical (unpaired) electrons. The Morgan fingerprint density at radius 1 is 1.10 bits per heavy atom. The second kappa shape index (κ2) is 11.0. The predicted octanol–water partition coefficient (Wildman–Crippen LogP) is 3.30. The Kier molecular flexibility index (Phi) is 10.1. The van der Waals surface area contributed by atoms with Crippen LogP contribution in [-0.2, 0) is 0 Å². The summed E-state index contributed by atoms with van der Waals surface area (Å²) in [6.07, 6.45) is 5.72. The molecule has 0 bridgehead atoms. The smallest absolute Gasteiger partial charge is 0.319 e. The molecular weight excluding hydrogens is 290 g/mol. The highest BCUT2D eigenvalue weighted by Crippen LogP contribution is 2.13. The highest BCUT2D eigenvalue weighted by atomic mass is 35.5. The van der Waals surface area contributed by atoms with Crippen molar-refractivity contribution in [3.8, 4) is 0 Å². The summed E-state index contributed by atoms with van der Waals surface area (Å²) < 4.78 is 0. The molecule has 0 fully saturated rings. The van der Waals surface area contributed by atoms with Gasteiger partial charge in [0.05, 0.1) is 11.3 Å². The maximum atomic E-state index is 11.7. The number of rotatable bonds is 8. The second-order valence-electron chi connectivity index (χ2n) is 4.70. The fourth-order valence-electron chi connectivity index (χ4n) is 1.90. The fraction of sp³-hybridized carbons (Fsp3) is 0.467. The number of unbranched alkanes of at least 4 members (excludes halogenated alkanes) is 4. The first-order valence-electron chi connectivity index (χ1n) is 7.08. The SMILES string of the molecule is CCCCCCCNC(=O)Nc1ccccc1C(N)=O.Cl. The van der Waals surface area contributed by atoms with E-state index in [2.05, 4.69) is 17.6 Å². The van der Waals surface area contributed by atoms with Gasteiger partial charge in [0.25, 0.3) is 5.91 Å². The van der Waals surface area contributed by atoms with E-state index >= 15 is 0 Å². The number of anilines is 1. The van der Waals surface area contributed by atoms with Crippen LogP contribution in [0.1, 0.15) is 49.4 Å². The third kappa shape index (κ3) is 7.56. The molecule has 0 saturated carbocycles. The molecular formula is C15H24ClN3O2. The zero-order valence-electron chi connectivity index (χ0n) is 12.4. The molecule has 1 rings (SSSR count). The number of nitrogens with one attached hydrogen (secondary N) is 2. The van der Waals surface area contributed by atoms with Crippen LogP contribution in [0.4, 0.5) is 10.5 Å². The monoisotopic (exact) mass is 313 g/mol. The van der Waals surface area contributed by atoms with Gasteiger partial charge in [-0.25, -0.2) is 4.79 Å². The number of hydrogen-bond acceptors (Lipinski definition) is 2. The van der Waals surface area contributed by atoms with Crippen molar-refractivity contribution in [1.82, 2.24) is 5.32 Å². The maximum absolute atomic E-state index is 11.7. The molecule has 4 N–H and O–H groups in total. The third-order valence-electron chi connectivity index (χ3n) is 3.01. The molecule has 3 amide bonds. The topological polar surface area (TPSA) is 84.2 Å². The summed E-state index contributed by atoms with van der Waals surface area (Å²) >= 11 is 0. The van der Waals surface area contributed by atoms with Crippen molar-refractivity contribution in [1.29, 1.82) is 0 Å². The summed E-state index contributed by atoms with van der Waals surface area (Å²) in [5.41, 5.74) is 5.99. The van der Waals surface area contributed by atoms with Gasteiger partial charge in [-0.3, -0.25) is 4.79 Å². The first-order valence-corrected chi connectivity index (χ1v) is 7.08. The standard InChI is InChI=1S/C15H23N3O2.ClH/c1-2-3-4-5-8-11-17-15(20)18-13-10-7-6-9-12(13)14(16)19;/h6-7,9-10H,2-5,8,11H2,1H3,(H2,16,19)(H2,17,18,20);1H. The van der Waals surface area contributed by atoms with Gasteiger partial charge in [0.15, 0.2) is 0 Å². The van der Waals surface area contributed by atoms with Gasteiger partial charge in [-0.1, -0.05) is 44.7 Å². The zero-order chi connectivity index (χ0) is 14.8. The largest absolute Gasteiger partial charge is 0.366 e. The Morgan fingerprint density at radius 3 is 2.43 bits per heavy atom. The second-order valence-corrected chi connectivity index (χ2v) is 4.70. The van der Waals surface area contributed by atoms with Crippen molar-refractivity contribution in [2.75, 3.05) is 11.9 Å². The van der Waals surface area contributed by atoms with E-state index in [9.17, 15) is 9.59 Å². The highest BCUT2D eigenvalue weighted by molar-refractivity contribution is 6.02. The number of benzene rings is 1. The molecule has 0 aliphatic rings. The molecule has 0 atom stereocenters. The van der Waals surface area contributed by atoms with Gasteiger partial charge in [0.2, 0.25) is 0 Å². The lowest BCUT2D eigenvalue weighted by molar-refractivity contribution is 0.100. The predicted molar refractivity (Wildman–Crippen MR) is 88.0 cm³/mol. The van der Waals surface area contributed by atoms with E-state index in [1.165, 1.54) is 19.3 Å². The Morgan fingerprint density at radius 2 is 1.76 bits per heavy atom. The van der Waals surface area contributed by atoms with Gasteiger partial charge in [-0.2, -0.15) is 0 Å². The van der Waals surface area contributed by atoms with E-state index < -0.39 is 5.91 Å². The first-order chi connectivity index (χ1) is 9.65. The molecule has 0 heterocycles. The number of urea groups is 1. The Hall–Kier alpha value is -1.75. The number of amides is 3. The molecule has 118 valence electrons. The number of nitrogens with two attached hydrogens (primary N) is 1. The van der Waals surface area contributed by atoms with E-state index in [1.54, 1.807) is 24.3 Å². The average Bonchev–Trinajstić information content (AvgIpc) is 2.43. The number of primary amides is 1. The van der Waals surface area contributed by atoms with Crippen molar-refractivity contribution in [3.05, 3.63) is 29.8 Å². The van der Waals surface area contributed by atoms with Crippen molar-refractivity contribution >= 4 is 30.0 Å². The molecule has 0 unspecified atom stereocenters. The Bertz CT molecular complexity index is 452. The maximum Gasteiger partial charge on any atom is 0.319 e. The summed E-state index contributed by atoms with van der Waals surface area (Å²) in [5, 5.41) is 5.42. The van der Waals surface area contributed by atoms with Gasteiger partial charge in [0, 0.05) is 6.54 Å². The van der Waals surface area contributed by atoms with Gasteiger partial charge in [0.1, 0.15) is 0 Å². The van der Waals surface area contributed by atoms with Crippen LogP contribution in [-0.4, -0.2) is 18.5 Å². The number of carbonyl (C=O) groups excluding carboxylic acids is 2. The zero-order valence-corrected chi connectivity index (χ0v) is 13.2.